The van der Waals surface area contributed by atoms with E-state index in [9.17, 15) is 0 Å². The van der Waals surface area contributed by atoms with E-state index in [0.717, 1.165) is 0 Å². The molecule has 0 aromatic rings. The minimum atomic E-state index is -1.28. The normalized spacial score (nSPS) is 13.0. The number of nitrogens with one attached hydrogen (secondary N) is 1. The standard InChI is InChI=1S/C6H16BNO4/c9-5-2-6(10)8-4-1-3-7(11)12/h6,8-12H,1-5H2. The average Bonchev–Trinajstić information content (AvgIpc) is 1.98. The van der Waals surface area contributed by atoms with E-state index in [1.54, 1.807) is 0 Å². The molecule has 0 amide bonds. The van der Waals surface area contributed by atoms with E-state index >= 15 is 0 Å². The summed E-state index contributed by atoms with van der Waals surface area (Å²) in [6.07, 6.45) is 0.464. The van der Waals surface area contributed by atoms with Crippen LogP contribution >= 0.6 is 0 Å². The molecule has 0 spiro atoms. The zero-order chi connectivity index (χ0) is 9.40. The second kappa shape index (κ2) is 7.51. The molecule has 6 heteroatoms. The molecule has 0 heterocycles. The SMILES string of the molecule is OCCC(O)NCCCB(O)O. The van der Waals surface area contributed by atoms with Gasteiger partial charge in [0, 0.05) is 13.0 Å². The molecule has 0 aliphatic heterocycles. The molecule has 0 aliphatic rings. The van der Waals surface area contributed by atoms with E-state index < -0.39 is 13.3 Å². The fraction of sp³-hybridized carbons (Fsp3) is 1.00. The van der Waals surface area contributed by atoms with Crippen molar-refractivity contribution in [2.75, 3.05) is 13.2 Å². The van der Waals surface area contributed by atoms with Crippen LogP contribution in [0.3, 0.4) is 0 Å². The summed E-state index contributed by atoms with van der Waals surface area (Å²) in [5.41, 5.74) is 0. The largest absolute Gasteiger partial charge is 0.451 e. The Labute approximate surface area is 72.2 Å². The second-order valence-electron chi connectivity index (χ2n) is 2.61. The zero-order valence-corrected chi connectivity index (χ0v) is 6.98. The average molecular weight is 177 g/mol. The summed E-state index contributed by atoms with van der Waals surface area (Å²) < 4.78 is 0. The highest BCUT2D eigenvalue weighted by molar-refractivity contribution is 6.40. The Bertz CT molecular complexity index is 104. The summed E-state index contributed by atoms with van der Waals surface area (Å²) in [6.45, 7) is 0.454. The van der Waals surface area contributed by atoms with Gasteiger partial charge in [-0.15, -0.1) is 0 Å². The molecule has 5 nitrogen and oxygen atoms in total. The third-order valence-corrected chi connectivity index (χ3v) is 1.42. The molecule has 0 rings (SSSR count). The van der Waals surface area contributed by atoms with E-state index in [4.69, 9.17) is 20.3 Å². The van der Waals surface area contributed by atoms with Gasteiger partial charge in [-0.05, 0) is 19.3 Å². The molecule has 1 atom stereocenters. The van der Waals surface area contributed by atoms with E-state index in [1.807, 2.05) is 0 Å². The zero-order valence-electron chi connectivity index (χ0n) is 6.98. The fourth-order valence-electron chi connectivity index (χ4n) is 0.778. The monoisotopic (exact) mass is 177 g/mol. The van der Waals surface area contributed by atoms with Gasteiger partial charge in [0.05, 0.1) is 0 Å². The highest BCUT2D eigenvalue weighted by Crippen LogP contribution is 1.91. The van der Waals surface area contributed by atoms with Crippen LogP contribution in [0.1, 0.15) is 12.8 Å². The van der Waals surface area contributed by atoms with Crippen molar-refractivity contribution in [1.29, 1.82) is 0 Å². The topological polar surface area (TPSA) is 93.0 Å². The predicted octanol–water partition coefficient (Wildman–Crippen LogP) is -1.86. The van der Waals surface area contributed by atoms with Crippen molar-refractivity contribution in [1.82, 2.24) is 5.32 Å². The highest BCUT2D eigenvalue weighted by atomic mass is 16.4. The van der Waals surface area contributed by atoms with E-state index in [0.29, 0.717) is 25.7 Å². The molecule has 0 aromatic carbocycles. The first-order valence-corrected chi connectivity index (χ1v) is 4.05. The van der Waals surface area contributed by atoms with Crippen molar-refractivity contribution in [2.45, 2.75) is 25.4 Å². The van der Waals surface area contributed by atoms with Gasteiger partial charge in [-0.25, -0.2) is 0 Å². The van der Waals surface area contributed by atoms with Crippen molar-refractivity contribution < 1.29 is 20.3 Å². The van der Waals surface area contributed by atoms with Crippen molar-refractivity contribution >= 4 is 7.12 Å². The highest BCUT2D eigenvalue weighted by Gasteiger charge is 2.06. The molecular weight excluding hydrogens is 161 g/mol. The van der Waals surface area contributed by atoms with E-state index in [1.165, 1.54) is 0 Å². The maximum atomic E-state index is 9.02. The Hall–Kier alpha value is -0.135. The molecule has 5 N–H and O–H groups in total. The molecular formula is C6H16BNO4. The minimum Gasteiger partial charge on any atom is -0.427 e. The Morgan fingerprint density at radius 2 is 2.00 bits per heavy atom. The number of aliphatic hydroxyl groups excluding tert-OH is 2. The first-order valence-electron chi connectivity index (χ1n) is 4.05. The first kappa shape index (κ1) is 11.9. The lowest BCUT2D eigenvalue weighted by Crippen LogP contribution is -2.31. The molecule has 0 fully saturated rings. The van der Waals surface area contributed by atoms with Gasteiger partial charge in [-0.3, -0.25) is 5.32 Å². The third-order valence-electron chi connectivity index (χ3n) is 1.42. The van der Waals surface area contributed by atoms with Crippen molar-refractivity contribution in [3.05, 3.63) is 0 Å². The number of hydrogen-bond donors (Lipinski definition) is 5. The van der Waals surface area contributed by atoms with Crippen LogP contribution in [0.15, 0.2) is 0 Å². The van der Waals surface area contributed by atoms with E-state index in [2.05, 4.69) is 5.32 Å². The molecule has 1 unspecified atom stereocenters. The minimum absolute atomic E-state index is 0.0587. The van der Waals surface area contributed by atoms with Crippen LogP contribution in [0.4, 0.5) is 0 Å². The van der Waals surface area contributed by atoms with Crippen molar-refractivity contribution in [2.24, 2.45) is 0 Å². The molecule has 0 saturated heterocycles. The summed E-state index contributed by atoms with van der Waals surface area (Å²) in [5, 5.41) is 37.0. The smallest absolute Gasteiger partial charge is 0.427 e. The molecule has 0 saturated carbocycles. The predicted molar refractivity (Wildman–Crippen MR) is 45.3 cm³/mol. The maximum absolute atomic E-state index is 9.02. The van der Waals surface area contributed by atoms with Crippen LogP contribution in [-0.4, -0.2) is 46.8 Å². The van der Waals surface area contributed by atoms with Gasteiger partial charge in [0.15, 0.2) is 0 Å². The lowest BCUT2D eigenvalue weighted by molar-refractivity contribution is 0.103. The van der Waals surface area contributed by atoms with Crippen LogP contribution in [0.25, 0.3) is 0 Å². The van der Waals surface area contributed by atoms with Crippen LogP contribution in [-0.2, 0) is 0 Å². The Morgan fingerprint density at radius 1 is 1.33 bits per heavy atom. The van der Waals surface area contributed by atoms with Gasteiger partial charge in [0.2, 0.25) is 0 Å². The van der Waals surface area contributed by atoms with E-state index in [-0.39, 0.29) is 6.61 Å². The molecule has 72 valence electrons. The molecule has 12 heavy (non-hydrogen) atoms. The van der Waals surface area contributed by atoms with Crippen molar-refractivity contribution in [3.63, 3.8) is 0 Å². The molecule has 0 aromatic heterocycles. The number of rotatable bonds is 7. The van der Waals surface area contributed by atoms with Gasteiger partial charge in [0.1, 0.15) is 6.23 Å². The van der Waals surface area contributed by atoms with Crippen LogP contribution in [0.2, 0.25) is 6.32 Å². The Kier molecular flexibility index (Phi) is 7.43. The lowest BCUT2D eigenvalue weighted by Gasteiger charge is -2.10. The van der Waals surface area contributed by atoms with Crippen molar-refractivity contribution in [3.8, 4) is 0 Å². The summed E-state index contributed by atoms with van der Waals surface area (Å²) in [5.74, 6) is 0. The quantitative estimate of drug-likeness (QED) is 0.178. The summed E-state index contributed by atoms with van der Waals surface area (Å²) in [7, 11) is -1.28. The number of hydrogen-bond acceptors (Lipinski definition) is 5. The van der Waals surface area contributed by atoms with Crippen LogP contribution in [0.5, 0.6) is 0 Å². The van der Waals surface area contributed by atoms with Gasteiger partial charge < -0.3 is 20.3 Å². The molecule has 0 radical (unpaired) electrons. The van der Waals surface area contributed by atoms with Gasteiger partial charge in [-0.1, -0.05) is 0 Å². The summed E-state index contributed by atoms with van der Waals surface area (Å²) >= 11 is 0. The second-order valence-corrected chi connectivity index (χ2v) is 2.61. The van der Waals surface area contributed by atoms with Crippen LogP contribution < -0.4 is 5.32 Å². The lowest BCUT2D eigenvalue weighted by atomic mass is 9.84. The fourth-order valence-corrected chi connectivity index (χ4v) is 0.778. The van der Waals surface area contributed by atoms with Gasteiger partial charge >= 0.3 is 7.12 Å². The summed E-state index contributed by atoms with van der Waals surface area (Å²) in [4.78, 5) is 0. The molecule has 0 aliphatic carbocycles. The Morgan fingerprint density at radius 3 is 2.50 bits per heavy atom. The van der Waals surface area contributed by atoms with Gasteiger partial charge in [-0.2, -0.15) is 0 Å². The first-order chi connectivity index (χ1) is 5.66. The molecule has 0 bridgehead atoms. The third kappa shape index (κ3) is 7.97. The summed E-state index contributed by atoms with van der Waals surface area (Å²) in [6, 6.07) is 0. The Balaban J connectivity index is 3.08. The number of aliphatic hydroxyl groups is 2. The van der Waals surface area contributed by atoms with Gasteiger partial charge in [0.25, 0.3) is 0 Å². The maximum Gasteiger partial charge on any atom is 0.451 e. The van der Waals surface area contributed by atoms with Crippen LogP contribution in [0, 0.1) is 0 Å².